The molecule has 0 bridgehead atoms. The summed E-state index contributed by atoms with van der Waals surface area (Å²) in [4.78, 5) is 12.7. The van der Waals surface area contributed by atoms with Gasteiger partial charge in [-0.2, -0.15) is 4.31 Å². The van der Waals surface area contributed by atoms with Crippen molar-refractivity contribution in [3.63, 3.8) is 0 Å². The van der Waals surface area contributed by atoms with Gasteiger partial charge in [0.15, 0.2) is 10.7 Å². The highest BCUT2D eigenvalue weighted by Crippen LogP contribution is 2.29. The van der Waals surface area contributed by atoms with Gasteiger partial charge >= 0.3 is 0 Å². The van der Waals surface area contributed by atoms with Crippen LogP contribution < -0.4 is 5.32 Å². The molecular formula is C23H31N3O4S. The first kappa shape index (κ1) is 23.2. The zero-order chi connectivity index (χ0) is 22.8. The van der Waals surface area contributed by atoms with Gasteiger partial charge in [0.25, 0.3) is 0 Å². The van der Waals surface area contributed by atoms with Gasteiger partial charge in [-0.25, -0.2) is 8.42 Å². The lowest BCUT2D eigenvalue weighted by atomic mass is 9.97. The van der Waals surface area contributed by atoms with E-state index in [1.807, 2.05) is 52.0 Å². The van der Waals surface area contributed by atoms with Crippen molar-refractivity contribution in [2.75, 3.05) is 13.1 Å². The minimum Gasteiger partial charge on any atom is -0.355 e. The van der Waals surface area contributed by atoms with Crippen LogP contribution in [0.15, 0.2) is 33.7 Å². The molecule has 168 valence electrons. The van der Waals surface area contributed by atoms with Crippen LogP contribution in [0, 0.1) is 19.8 Å². The summed E-state index contributed by atoms with van der Waals surface area (Å²) in [5.74, 6) is -0.303. The highest BCUT2D eigenvalue weighted by Gasteiger charge is 2.37. The summed E-state index contributed by atoms with van der Waals surface area (Å²) < 4.78 is 33.6. The van der Waals surface area contributed by atoms with E-state index >= 15 is 0 Å². The molecule has 1 aromatic carbocycles. The van der Waals surface area contributed by atoms with Crippen LogP contribution in [0.1, 0.15) is 56.2 Å². The molecule has 1 atom stereocenters. The van der Waals surface area contributed by atoms with E-state index in [4.69, 9.17) is 4.52 Å². The van der Waals surface area contributed by atoms with Gasteiger partial charge in [0, 0.05) is 18.6 Å². The predicted molar refractivity (Wildman–Crippen MR) is 121 cm³/mol. The highest BCUT2D eigenvalue weighted by atomic mass is 32.2. The van der Waals surface area contributed by atoms with Crippen LogP contribution in [0.25, 0.3) is 12.2 Å². The van der Waals surface area contributed by atoms with Crippen LogP contribution in [-0.2, 0) is 14.8 Å². The second kappa shape index (κ2) is 8.96. The van der Waals surface area contributed by atoms with E-state index in [1.165, 1.54) is 4.31 Å². The first-order chi connectivity index (χ1) is 14.5. The molecule has 1 amide bonds. The Morgan fingerprint density at radius 3 is 2.52 bits per heavy atom. The van der Waals surface area contributed by atoms with Crippen molar-refractivity contribution in [3.05, 3.63) is 46.8 Å². The molecule has 1 fully saturated rings. The second-order valence-corrected chi connectivity index (χ2v) is 11.0. The molecule has 8 heteroatoms. The smallest absolute Gasteiger partial charge is 0.248 e. The number of hydrogen-bond acceptors (Lipinski definition) is 5. The molecule has 2 heterocycles. The molecule has 7 nitrogen and oxygen atoms in total. The Labute approximate surface area is 184 Å². The highest BCUT2D eigenvalue weighted by molar-refractivity contribution is 7.89. The average Bonchev–Trinajstić information content (AvgIpc) is 3.07. The van der Waals surface area contributed by atoms with Gasteiger partial charge in [0.05, 0.1) is 5.92 Å². The standard InChI is InChI=1S/C23H31N3O4S/c1-16-8-10-18(11-9-16)12-13-20-21(17(2)25-30-20)31(28,29)26-14-6-7-19(15-26)22(27)24-23(3,4)5/h8-13,19H,6-7,14-15H2,1-5H3,(H,24,27)/b13-12+/t19-/m1/s1. The summed E-state index contributed by atoms with van der Waals surface area (Å²) in [6.45, 7) is 9.88. The number of piperidine rings is 1. The van der Waals surface area contributed by atoms with Crippen LogP contribution in [0.3, 0.4) is 0 Å². The van der Waals surface area contributed by atoms with E-state index in [9.17, 15) is 13.2 Å². The topological polar surface area (TPSA) is 92.5 Å². The SMILES string of the molecule is Cc1ccc(/C=C/c2onc(C)c2S(=O)(=O)N2CCC[C@@H](C(=O)NC(C)(C)C)C2)cc1. The maximum absolute atomic E-state index is 13.5. The Hall–Kier alpha value is -2.45. The normalized spacial score (nSPS) is 18.4. The summed E-state index contributed by atoms with van der Waals surface area (Å²) in [7, 11) is -3.86. The molecule has 1 aliphatic rings. The third-order valence-corrected chi connectivity index (χ3v) is 7.21. The minimum atomic E-state index is -3.86. The Bertz CT molecular complexity index is 1060. The van der Waals surface area contributed by atoms with E-state index in [-0.39, 0.29) is 34.6 Å². The lowest BCUT2D eigenvalue weighted by Crippen LogP contribution is -2.49. The quantitative estimate of drug-likeness (QED) is 0.756. The first-order valence-electron chi connectivity index (χ1n) is 10.5. The maximum Gasteiger partial charge on any atom is 0.248 e. The van der Waals surface area contributed by atoms with Crippen LogP contribution in [0.5, 0.6) is 0 Å². The Morgan fingerprint density at radius 1 is 1.19 bits per heavy atom. The number of amides is 1. The van der Waals surface area contributed by atoms with Gasteiger partial charge in [-0.1, -0.05) is 41.1 Å². The lowest BCUT2D eigenvalue weighted by molar-refractivity contribution is -0.127. The van der Waals surface area contributed by atoms with Gasteiger partial charge in [-0.05, 0) is 59.1 Å². The molecule has 31 heavy (non-hydrogen) atoms. The van der Waals surface area contributed by atoms with E-state index in [0.29, 0.717) is 25.1 Å². The number of aromatic nitrogens is 1. The van der Waals surface area contributed by atoms with Crippen LogP contribution in [-0.4, -0.2) is 42.4 Å². The van der Waals surface area contributed by atoms with Crippen molar-refractivity contribution in [1.82, 2.24) is 14.8 Å². The fourth-order valence-corrected chi connectivity index (χ4v) is 5.40. The van der Waals surface area contributed by atoms with Crippen molar-refractivity contribution in [2.45, 2.75) is 57.9 Å². The van der Waals surface area contributed by atoms with Crippen LogP contribution in [0.2, 0.25) is 0 Å². The molecule has 0 unspecified atom stereocenters. The monoisotopic (exact) mass is 445 g/mol. The zero-order valence-electron chi connectivity index (χ0n) is 18.8. The van der Waals surface area contributed by atoms with E-state index < -0.39 is 10.0 Å². The van der Waals surface area contributed by atoms with Crippen LogP contribution in [0.4, 0.5) is 0 Å². The fourth-order valence-electron chi connectivity index (χ4n) is 3.62. The second-order valence-electron chi connectivity index (χ2n) is 9.15. The Balaban J connectivity index is 1.84. The van der Waals surface area contributed by atoms with E-state index in [2.05, 4.69) is 10.5 Å². The number of hydrogen-bond donors (Lipinski definition) is 1. The van der Waals surface area contributed by atoms with Crippen molar-refractivity contribution in [2.24, 2.45) is 5.92 Å². The molecule has 2 aromatic rings. The summed E-state index contributed by atoms with van der Waals surface area (Å²) in [6.07, 6.45) is 4.72. The van der Waals surface area contributed by atoms with Gasteiger partial charge < -0.3 is 9.84 Å². The lowest BCUT2D eigenvalue weighted by Gasteiger charge is -2.33. The van der Waals surface area contributed by atoms with Crippen LogP contribution >= 0.6 is 0 Å². The number of aryl methyl sites for hydroxylation is 2. The summed E-state index contributed by atoms with van der Waals surface area (Å²) >= 11 is 0. The number of sulfonamides is 1. The average molecular weight is 446 g/mol. The third kappa shape index (κ3) is 5.62. The van der Waals surface area contributed by atoms with Crippen molar-refractivity contribution < 1.29 is 17.7 Å². The molecule has 1 N–H and O–H groups in total. The molecule has 1 aromatic heterocycles. The fraction of sp³-hybridized carbons (Fsp3) is 0.478. The van der Waals surface area contributed by atoms with E-state index in [1.54, 1.807) is 19.1 Å². The Kier molecular flexibility index (Phi) is 6.71. The first-order valence-corrected chi connectivity index (χ1v) is 11.9. The van der Waals surface area contributed by atoms with E-state index in [0.717, 1.165) is 11.1 Å². The Morgan fingerprint density at radius 2 is 1.87 bits per heavy atom. The van der Waals surface area contributed by atoms with Gasteiger partial charge in [0.2, 0.25) is 15.9 Å². The molecule has 0 aliphatic carbocycles. The molecule has 1 saturated heterocycles. The minimum absolute atomic E-state index is 0.0627. The van der Waals surface area contributed by atoms with Crippen molar-refractivity contribution in [3.8, 4) is 0 Å². The third-order valence-electron chi connectivity index (χ3n) is 5.19. The molecule has 0 saturated carbocycles. The number of carbonyl (C=O) groups excluding carboxylic acids is 1. The molecule has 0 spiro atoms. The summed E-state index contributed by atoms with van der Waals surface area (Å²) in [5.41, 5.74) is 2.02. The predicted octanol–water partition coefficient (Wildman–Crippen LogP) is 3.78. The molecule has 3 rings (SSSR count). The zero-order valence-corrected chi connectivity index (χ0v) is 19.6. The number of carbonyl (C=O) groups is 1. The number of nitrogens with zero attached hydrogens (tertiary/aromatic N) is 2. The maximum atomic E-state index is 13.5. The van der Waals surface area contributed by atoms with Gasteiger partial charge in [-0.15, -0.1) is 0 Å². The number of nitrogens with one attached hydrogen (secondary N) is 1. The number of rotatable bonds is 5. The molecule has 1 aliphatic heterocycles. The molecule has 0 radical (unpaired) electrons. The number of benzene rings is 1. The molecular weight excluding hydrogens is 414 g/mol. The van der Waals surface area contributed by atoms with Gasteiger partial charge in [-0.3, -0.25) is 4.79 Å². The summed E-state index contributed by atoms with van der Waals surface area (Å²) in [6, 6.07) is 7.87. The van der Waals surface area contributed by atoms with Crippen molar-refractivity contribution >= 4 is 28.1 Å². The largest absolute Gasteiger partial charge is 0.355 e. The van der Waals surface area contributed by atoms with Gasteiger partial charge in [0.1, 0.15) is 5.69 Å². The summed E-state index contributed by atoms with van der Waals surface area (Å²) in [5, 5.41) is 6.85. The van der Waals surface area contributed by atoms with Crippen molar-refractivity contribution in [1.29, 1.82) is 0 Å².